The van der Waals surface area contributed by atoms with Crippen LogP contribution in [0.4, 0.5) is 5.13 Å². The number of hydrogen-bond acceptors (Lipinski definition) is 6. The van der Waals surface area contributed by atoms with E-state index in [1.165, 1.54) is 23.6 Å². The molecule has 106 valence electrons. The summed E-state index contributed by atoms with van der Waals surface area (Å²) in [7, 11) is 0. The van der Waals surface area contributed by atoms with Crippen molar-refractivity contribution in [2.24, 2.45) is 16.5 Å². The number of aliphatic imine (C=N–C) groups is 1. The molecule has 20 heavy (non-hydrogen) atoms. The van der Waals surface area contributed by atoms with Crippen molar-refractivity contribution in [2.45, 2.75) is 12.2 Å². The van der Waals surface area contributed by atoms with Crippen molar-refractivity contribution in [3.8, 4) is 0 Å². The maximum absolute atomic E-state index is 11.1. The lowest BCUT2D eigenvalue weighted by Gasteiger charge is -1.99. The molecule has 2 rings (SSSR count). The molecular formula is C11H14N6OS2. The molecule has 2 heterocycles. The third-order valence-corrected chi connectivity index (χ3v) is 4.00. The summed E-state index contributed by atoms with van der Waals surface area (Å²) < 4.78 is 0. The first-order valence-electron chi connectivity index (χ1n) is 5.79. The minimum Gasteiger partial charge on any atom is -0.370 e. The van der Waals surface area contributed by atoms with Crippen LogP contribution in [0.25, 0.3) is 0 Å². The molecule has 0 aromatic carbocycles. The Morgan fingerprint density at radius 2 is 2.35 bits per heavy atom. The van der Waals surface area contributed by atoms with Crippen LogP contribution in [0.1, 0.15) is 11.5 Å². The molecule has 9 heteroatoms. The Bertz CT molecular complexity index is 646. The minimum atomic E-state index is -0.124. The van der Waals surface area contributed by atoms with Crippen molar-refractivity contribution in [3.63, 3.8) is 0 Å². The van der Waals surface area contributed by atoms with Crippen molar-refractivity contribution in [3.05, 3.63) is 39.5 Å². The first kappa shape index (κ1) is 14.5. The zero-order valence-corrected chi connectivity index (χ0v) is 12.2. The van der Waals surface area contributed by atoms with Crippen molar-refractivity contribution < 1.29 is 0 Å². The summed E-state index contributed by atoms with van der Waals surface area (Å²) in [5.41, 5.74) is 11.4. The number of thiazole rings is 1. The summed E-state index contributed by atoms with van der Waals surface area (Å²) in [5.74, 6) is 2.33. The highest BCUT2D eigenvalue weighted by atomic mass is 32.2. The highest BCUT2D eigenvalue weighted by Gasteiger charge is 2.02. The lowest BCUT2D eigenvalue weighted by Crippen LogP contribution is -2.21. The van der Waals surface area contributed by atoms with Gasteiger partial charge in [-0.25, -0.2) is 9.97 Å². The second-order valence-electron chi connectivity index (χ2n) is 3.84. The molecule has 0 spiro atoms. The molecule has 0 bridgehead atoms. The second-order valence-corrected chi connectivity index (χ2v) is 5.78. The molecule has 0 saturated carbocycles. The van der Waals surface area contributed by atoms with Gasteiger partial charge in [-0.2, -0.15) is 16.8 Å². The molecule has 2 aromatic rings. The van der Waals surface area contributed by atoms with Crippen LogP contribution in [0.3, 0.4) is 0 Å². The Morgan fingerprint density at radius 1 is 1.50 bits per heavy atom. The molecule has 0 amide bonds. The quantitative estimate of drug-likeness (QED) is 0.408. The fourth-order valence-electron chi connectivity index (χ4n) is 1.41. The van der Waals surface area contributed by atoms with E-state index in [1.807, 2.05) is 5.38 Å². The van der Waals surface area contributed by atoms with Gasteiger partial charge < -0.3 is 16.5 Å². The molecular weight excluding hydrogens is 296 g/mol. The second kappa shape index (κ2) is 7.06. The molecule has 0 saturated heterocycles. The molecule has 5 N–H and O–H groups in total. The SMILES string of the molecule is NC(N)=Nc1nc(CSCCc2nccc(=O)[nH]2)cs1. The summed E-state index contributed by atoms with van der Waals surface area (Å²) in [5, 5.41) is 2.49. The van der Waals surface area contributed by atoms with E-state index in [4.69, 9.17) is 11.5 Å². The average Bonchev–Trinajstić information content (AvgIpc) is 2.81. The van der Waals surface area contributed by atoms with Crippen LogP contribution in [0, 0.1) is 0 Å². The van der Waals surface area contributed by atoms with Crippen LogP contribution in [-0.2, 0) is 12.2 Å². The number of hydrogen-bond donors (Lipinski definition) is 3. The van der Waals surface area contributed by atoms with Gasteiger partial charge in [0, 0.05) is 35.6 Å². The van der Waals surface area contributed by atoms with Gasteiger partial charge in [-0.15, -0.1) is 11.3 Å². The number of nitrogens with one attached hydrogen (secondary N) is 1. The fraction of sp³-hybridized carbons (Fsp3) is 0.273. The van der Waals surface area contributed by atoms with E-state index in [0.29, 0.717) is 17.4 Å². The van der Waals surface area contributed by atoms with E-state index < -0.39 is 0 Å². The number of rotatable bonds is 6. The normalized spacial score (nSPS) is 10.4. The van der Waals surface area contributed by atoms with Gasteiger partial charge in [0.15, 0.2) is 5.96 Å². The summed E-state index contributed by atoms with van der Waals surface area (Å²) in [6, 6.07) is 1.40. The molecule has 0 atom stereocenters. The number of aromatic nitrogens is 3. The summed E-state index contributed by atoms with van der Waals surface area (Å²) >= 11 is 3.11. The number of aromatic amines is 1. The Balaban J connectivity index is 1.77. The number of H-pyrrole nitrogens is 1. The van der Waals surface area contributed by atoms with E-state index in [9.17, 15) is 4.79 Å². The van der Waals surface area contributed by atoms with Crippen LogP contribution in [0.5, 0.6) is 0 Å². The monoisotopic (exact) mass is 310 g/mol. The number of guanidine groups is 1. The summed E-state index contributed by atoms with van der Waals surface area (Å²) in [4.78, 5) is 26.0. The van der Waals surface area contributed by atoms with Crippen molar-refractivity contribution in [1.29, 1.82) is 0 Å². The van der Waals surface area contributed by atoms with Crippen LogP contribution < -0.4 is 17.0 Å². The minimum absolute atomic E-state index is 0.0117. The fourth-order valence-corrected chi connectivity index (χ4v) is 3.06. The Labute approximate surface area is 123 Å². The van der Waals surface area contributed by atoms with Crippen LogP contribution >= 0.6 is 23.1 Å². The third kappa shape index (κ3) is 4.67. The van der Waals surface area contributed by atoms with Gasteiger partial charge in [-0.1, -0.05) is 0 Å². The standard InChI is InChI=1S/C11H14N6OS2/c12-10(13)17-11-15-7(6-20-11)5-19-4-2-8-14-3-1-9(18)16-8/h1,3,6H,2,4-5H2,(H,14,16,18)(H4,12,13,15,17). The van der Waals surface area contributed by atoms with Gasteiger partial charge in [-0.05, 0) is 0 Å². The molecule has 0 aliphatic rings. The van der Waals surface area contributed by atoms with Crippen LogP contribution in [-0.4, -0.2) is 26.7 Å². The molecule has 2 aromatic heterocycles. The van der Waals surface area contributed by atoms with Crippen LogP contribution in [0.15, 0.2) is 27.4 Å². The van der Waals surface area contributed by atoms with Gasteiger partial charge >= 0.3 is 0 Å². The van der Waals surface area contributed by atoms with E-state index in [1.54, 1.807) is 11.8 Å². The maximum atomic E-state index is 11.1. The number of thioether (sulfide) groups is 1. The first-order valence-corrected chi connectivity index (χ1v) is 7.83. The van der Waals surface area contributed by atoms with Gasteiger partial charge in [0.25, 0.3) is 5.56 Å². The molecule has 0 radical (unpaired) electrons. The van der Waals surface area contributed by atoms with E-state index >= 15 is 0 Å². The summed E-state index contributed by atoms with van der Waals surface area (Å²) in [6.45, 7) is 0. The Morgan fingerprint density at radius 3 is 3.10 bits per heavy atom. The van der Waals surface area contributed by atoms with Crippen molar-refractivity contribution in [1.82, 2.24) is 15.0 Å². The Kier molecular flexibility index (Phi) is 5.13. The Hall–Kier alpha value is -1.87. The van der Waals surface area contributed by atoms with E-state index in [2.05, 4.69) is 19.9 Å². The lowest BCUT2D eigenvalue weighted by atomic mass is 10.4. The number of nitrogens with two attached hydrogens (primary N) is 2. The van der Waals surface area contributed by atoms with Gasteiger partial charge in [0.1, 0.15) is 5.82 Å². The van der Waals surface area contributed by atoms with Crippen molar-refractivity contribution >= 4 is 34.2 Å². The van der Waals surface area contributed by atoms with Crippen molar-refractivity contribution in [2.75, 3.05) is 5.75 Å². The predicted molar refractivity (Wildman–Crippen MR) is 82.3 cm³/mol. The van der Waals surface area contributed by atoms with Crippen LogP contribution in [0.2, 0.25) is 0 Å². The zero-order valence-electron chi connectivity index (χ0n) is 10.6. The van der Waals surface area contributed by atoms with E-state index in [-0.39, 0.29) is 11.5 Å². The predicted octanol–water partition coefficient (Wildman–Crippen LogP) is 0.607. The largest absolute Gasteiger partial charge is 0.370 e. The lowest BCUT2D eigenvalue weighted by molar-refractivity contribution is 0.926. The molecule has 0 aliphatic heterocycles. The zero-order chi connectivity index (χ0) is 14.4. The number of aryl methyl sites for hydroxylation is 1. The van der Waals surface area contributed by atoms with Gasteiger partial charge in [-0.3, -0.25) is 4.79 Å². The van der Waals surface area contributed by atoms with E-state index in [0.717, 1.165) is 17.2 Å². The topological polar surface area (TPSA) is 123 Å². The highest BCUT2D eigenvalue weighted by molar-refractivity contribution is 7.98. The molecule has 0 aliphatic carbocycles. The molecule has 0 fully saturated rings. The first-order chi connectivity index (χ1) is 9.63. The number of nitrogens with zero attached hydrogens (tertiary/aromatic N) is 3. The van der Waals surface area contributed by atoms with Gasteiger partial charge in [0.05, 0.1) is 5.69 Å². The smallest absolute Gasteiger partial charge is 0.250 e. The van der Waals surface area contributed by atoms with Gasteiger partial charge in [0.2, 0.25) is 5.13 Å². The average molecular weight is 310 g/mol. The summed E-state index contributed by atoms with van der Waals surface area (Å²) in [6.07, 6.45) is 2.23. The molecule has 0 unspecified atom stereocenters. The molecule has 7 nitrogen and oxygen atoms in total. The maximum Gasteiger partial charge on any atom is 0.250 e. The highest BCUT2D eigenvalue weighted by Crippen LogP contribution is 2.21. The third-order valence-electron chi connectivity index (χ3n) is 2.22.